The minimum Gasteiger partial charge on any atom is -0.310 e. The third kappa shape index (κ3) is 4.16. The Hall–Kier alpha value is -0.640. The quantitative estimate of drug-likeness (QED) is 0.772. The number of benzene rings is 1. The lowest BCUT2D eigenvalue weighted by Crippen LogP contribution is -2.24. The Morgan fingerprint density at radius 1 is 1.32 bits per heavy atom. The van der Waals surface area contributed by atoms with Crippen molar-refractivity contribution in [1.29, 1.82) is 0 Å². The SMILES string of the molecule is CCCNC(Cc1cccs1)c1cc(Br)ccc1C. The number of aryl methyl sites for hydroxylation is 1. The monoisotopic (exact) mass is 337 g/mol. The van der Waals surface area contributed by atoms with Gasteiger partial charge in [-0.2, -0.15) is 0 Å². The van der Waals surface area contributed by atoms with E-state index in [-0.39, 0.29) is 0 Å². The van der Waals surface area contributed by atoms with E-state index in [0.717, 1.165) is 23.9 Å². The first kappa shape index (κ1) is 14.8. The standard InChI is InChI=1S/C16H20BrNS/c1-3-8-18-16(11-14-5-4-9-19-14)15-10-13(17)7-6-12(15)2/h4-7,9-10,16,18H,3,8,11H2,1-2H3. The molecule has 1 aromatic carbocycles. The number of hydrogen-bond donors (Lipinski definition) is 1. The minimum atomic E-state index is 0.399. The number of rotatable bonds is 6. The van der Waals surface area contributed by atoms with Crippen LogP contribution in [0.2, 0.25) is 0 Å². The summed E-state index contributed by atoms with van der Waals surface area (Å²) >= 11 is 5.42. The highest BCUT2D eigenvalue weighted by molar-refractivity contribution is 9.10. The summed E-state index contributed by atoms with van der Waals surface area (Å²) in [5, 5.41) is 5.83. The molecule has 102 valence electrons. The fourth-order valence-corrected chi connectivity index (χ4v) is 3.36. The van der Waals surface area contributed by atoms with Gasteiger partial charge in [0.2, 0.25) is 0 Å². The lowest BCUT2D eigenvalue weighted by molar-refractivity contribution is 0.530. The fourth-order valence-electron chi connectivity index (χ4n) is 2.23. The highest BCUT2D eigenvalue weighted by Crippen LogP contribution is 2.26. The van der Waals surface area contributed by atoms with Crippen molar-refractivity contribution < 1.29 is 0 Å². The first-order chi connectivity index (χ1) is 9.20. The van der Waals surface area contributed by atoms with E-state index >= 15 is 0 Å². The van der Waals surface area contributed by atoms with Gasteiger partial charge in [-0.3, -0.25) is 0 Å². The second-order valence-corrected chi connectivity index (χ2v) is 6.74. The minimum absolute atomic E-state index is 0.399. The second-order valence-electron chi connectivity index (χ2n) is 4.79. The molecule has 0 spiro atoms. The van der Waals surface area contributed by atoms with Gasteiger partial charge in [0.1, 0.15) is 0 Å². The Kier molecular flexibility index (Phi) is 5.61. The average molecular weight is 338 g/mol. The number of halogens is 1. The van der Waals surface area contributed by atoms with Crippen LogP contribution in [0.25, 0.3) is 0 Å². The molecule has 19 heavy (non-hydrogen) atoms. The molecule has 0 aliphatic heterocycles. The molecular formula is C16H20BrNS. The molecule has 1 heterocycles. The zero-order valence-electron chi connectivity index (χ0n) is 11.4. The van der Waals surface area contributed by atoms with E-state index in [2.05, 4.69) is 70.8 Å². The van der Waals surface area contributed by atoms with E-state index in [1.807, 2.05) is 11.3 Å². The summed E-state index contributed by atoms with van der Waals surface area (Å²) in [6.45, 7) is 5.46. The summed E-state index contributed by atoms with van der Waals surface area (Å²) in [4.78, 5) is 1.44. The van der Waals surface area contributed by atoms with Gasteiger partial charge in [0.15, 0.2) is 0 Å². The molecule has 3 heteroatoms. The lowest BCUT2D eigenvalue weighted by atomic mass is 9.98. The summed E-state index contributed by atoms with van der Waals surface area (Å²) in [5.74, 6) is 0. The van der Waals surface area contributed by atoms with Gasteiger partial charge in [-0.1, -0.05) is 35.0 Å². The van der Waals surface area contributed by atoms with E-state index in [4.69, 9.17) is 0 Å². The van der Waals surface area contributed by atoms with Crippen LogP contribution in [0.15, 0.2) is 40.2 Å². The molecule has 0 amide bonds. The van der Waals surface area contributed by atoms with Crippen LogP contribution in [0.3, 0.4) is 0 Å². The Morgan fingerprint density at radius 3 is 2.84 bits per heavy atom. The maximum absolute atomic E-state index is 3.68. The van der Waals surface area contributed by atoms with Crippen LogP contribution in [-0.4, -0.2) is 6.54 Å². The van der Waals surface area contributed by atoms with Gasteiger partial charge in [0, 0.05) is 21.8 Å². The Balaban J connectivity index is 2.23. The molecule has 0 fully saturated rings. The van der Waals surface area contributed by atoms with Crippen molar-refractivity contribution in [2.45, 2.75) is 32.7 Å². The Labute approximate surface area is 128 Å². The molecule has 1 N–H and O–H groups in total. The fraction of sp³-hybridized carbons (Fsp3) is 0.375. The third-order valence-corrected chi connectivity index (χ3v) is 4.63. The molecule has 1 aromatic heterocycles. The van der Waals surface area contributed by atoms with Crippen molar-refractivity contribution in [3.63, 3.8) is 0 Å². The van der Waals surface area contributed by atoms with Crippen LogP contribution in [-0.2, 0) is 6.42 Å². The maximum atomic E-state index is 3.68. The topological polar surface area (TPSA) is 12.0 Å². The first-order valence-electron chi connectivity index (χ1n) is 6.72. The molecule has 0 saturated carbocycles. The summed E-state index contributed by atoms with van der Waals surface area (Å²) in [5.41, 5.74) is 2.75. The van der Waals surface area contributed by atoms with E-state index in [1.165, 1.54) is 16.0 Å². The van der Waals surface area contributed by atoms with Crippen LogP contribution in [0.5, 0.6) is 0 Å². The highest BCUT2D eigenvalue weighted by Gasteiger charge is 2.14. The van der Waals surface area contributed by atoms with Crippen LogP contribution < -0.4 is 5.32 Å². The summed E-state index contributed by atoms with van der Waals surface area (Å²) in [7, 11) is 0. The van der Waals surface area contributed by atoms with Gasteiger partial charge >= 0.3 is 0 Å². The van der Waals surface area contributed by atoms with Crippen molar-refractivity contribution in [2.75, 3.05) is 6.54 Å². The van der Waals surface area contributed by atoms with Gasteiger partial charge in [-0.25, -0.2) is 0 Å². The van der Waals surface area contributed by atoms with Crippen molar-refractivity contribution in [3.8, 4) is 0 Å². The molecular weight excluding hydrogens is 318 g/mol. The predicted molar refractivity (Wildman–Crippen MR) is 87.9 cm³/mol. The Morgan fingerprint density at radius 2 is 2.16 bits per heavy atom. The highest BCUT2D eigenvalue weighted by atomic mass is 79.9. The van der Waals surface area contributed by atoms with Crippen molar-refractivity contribution in [2.24, 2.45) is 0 Å². The van der Waals surface area contributed by atoms with Crippen LogP contribution >= 0.6 is 27.3 Å². The van der Waals surface area contributed by atoms with Gasteiger partial charge < -0.3 is 5.32 Å². The van der Waals surface area contributed by atoms with Crippen LogP contribution in [0.1, 0.15) is 35.4 Å². The molecule has 0 radical (unpaired) electrons. The van der Waals surface area contributed by atoms with Gasteiger partial charge in [-0.05, 0) is 54.6 Å². The van der Waals surface area contributed by atoms with Crippen molar-refractivity contribution >= 4 is 27.3 Å². The summed E-state index contributed by atoms with van der Waals surface area (Å²) in [6.07, 6.45) is 2.23. The number of thiophene rings is 1. The molecule has 0 aliphatic rings. The van der Waals surface area contributed by atoms with E-state index in [1.54, 1.807) is 0 Å². The summed E-state index contributed by atoms with van der Waals surface area (Å²) < 4.78 is 1.16. The predicted octanol–water partition coefficient (Wildman–Crippen LogP) is 5.10. The molecule has 0 saturated heterocycles. The van der Waals surface area contributed by atoms with E-state index < -0.39 is 0 Å². The normalized spacial score (nSPS) is 12.6. The molecule has 0 bridgehead atoms. The lowest BCUT2D eigenvalue weighted by Gasteiger charge is -2.21. The molecule has 0 aliphatic carbocycles. The first-order valence-corrected chi connectivity index (χ1v) is 8.39. The van der Waals surface area contributed by atoms with Crippen molar-refractivity contribution in [1.82, 2.24) is 5.32 Å². The maximum Gasteiger partial charge on any atom is 0.0371 e. The average Bonchev–Trinajstić information content (AvgIpc) is 2.90. The smallest absolute Gasteiger partial charge is 0.0371 e. The van der Waals surface area contributed by atoms with E-state index in [9.17, 15) is 0 Å². The third-order valence-electron chi connectivity index (χ3n) is 3.24. The molecule has 2 rings (SSSR count). The van der Waals surface area contributed by atoms with Gasteiger partial charge in [0.05, 0.1) is 0 Å². The molecule has 2 aromatic rings. The molecule has 1 nitrogen and oxygen atoms in total. The Bertz CT molecular complexity index is 507. The van der Waals surface area contributed by atoms with Gasteiger partial charge in [0.25, 0.3) is 0 Å². The number of hydrogen-bond acceptors (Lipinski definition) is 2. The van der Waals surface area contributed by atoms with Gasteiger partial charge in [-0.15, -0.1) is 11.3 Å². The number of nitrogens with one attached hydrogen (secondary N) is 1. The van der Waals surface area contributed by atoms with Crippen LogP contribution in [0.4, 0.5) is 0 Å². The zero-order chi connectivity index (χ0) is 13.7. The summed E-state index contributed by atoms with van der Waals surface area (Å²) in [6, 6.07) is 11.3. The van der Waals surface area contributed by atoms with E-state index in [0.29, 0.717) is 6.04 Å². The van der Waals surface area contributed by atoms with Crippen molar-refractivity contribution in [3.05, 3.63) is 56.2 Å². The molecule has 1 unspecified atom stereocenters. The zero-order valence-corrected chi connectivity index (χ0v) is 13.9. The van der Waals surface area contributed by atoms with Crippen LogP contribution in [0, 0.1) is 6.92 Å². The largest absolute Gasteiger partial charge is 0.310 e. The second kappa shape index (κ2) is 7.22. The molecule has 1 atom stereocenters.